The first-order valence-electron chi connectivity index (χ1n) is 11.0. The van der Waals surface area contributed by atoms with E-state index in [1.807, 2.05) is 6.08 Å². The predicted molar refractivity (Wildman–Crippen MR) is 114 cm³/mol. The van der Waals surface area contributed by atoms with Gasteiger partial charge in [0, 0.05) is 12.5 Å². The van der Waals surface area contributed by atoms with Crippen LogP contribution in [0.15, 0.2) is 23.8 Å². The molecule has 0 spiro atoms. The van der Waals surface area contributed by atoms with Crippen LogP contribution in [0.3, 0.4) is 0 Å². The fraction of sp³-hybridized carbons (Fsp3) is 0.826. The molecular formula is C23H42N2O2. The molecule has 156 valence electrons. The molecule has 0 saturated heterocycles. The third kappa shape index (κ3) is 7.34. The van der Waals surface area contributed by atoms with Gasteiger partial charge in [0.05, 0.1) is 12.2 Å². The fourth-order valence-electron chi connectivity index (χ4n) is 4.76. The van der Waals surface area contributed by atoms with Gasteiger partial charge in [0.2, 0.25) is 0 Å². The summed E-state index contributed by atoms with van der Waals surface area (Å²) in [6.07, 6.45) is 13.3. The van der Waals surface area contributed by atoms with Crippen molar-refractivity contribution in [2.45, 2.75) is 64.1 Å². The molecule has 0 radical (unpaired) electrons. The first kappa shape index (κ1) is 22.6. The molecule has 2 N–H and O–H groups in total. The number of allylic oxidation sites excluding steroid dienone is 1. The van der Waals surface area contributed by atoms with Crippen molar-refractivity contribution in [3.8, 4) is 0 Å². The van der Waals surface area contributed by atoms with Gasteiger partial charge in [-0.3, -0.25) is 0 Å². The molecule has 0 aromatic rings. The van der Waals surface area contributed by atoms with Crippen molar-refractivity contribution < 1.29 is 10.2 Å². The van der Waals surface area contributed by atoms with E-state index >= 15 is 0 Å². The molecule has 27 heavy (non-hydrogen) atoms. The summed E-state index contributed by atoms with van der Waals surface area (Å²) in [5.41, 5.74) is 1.53. The molecule has 2 aliphatic carbocycles. The van der Waals surface area contributed by atoms with Crippen LogP contribution in [0.25, 0.3) is 0 Å². The van der Waals surface area contributed by atoms with Crippen LogP contribution in [0.2, 0.25) is 0 Å². The Morgan fingerprint density at radius 1 is 1.19 bits per heavy atom. The number of aliphatic hydroxyl groups is 2. The van der Waals surface area contributed by atoms with E-state index in [9.17, 15) is 10.2 Å². The van der Waals surface area contributed by atoms with Gasteiger partial charge in [-0.2, -0.15) is 0 Å². The first-order valence-corrected chi connectivity index (χ1v) is 11.0. The topological polar surface area (TPSA) is 46.9 Å². The summed E-state index contributed by atoms with van der Waals surface area (Å²) in [6.45, 7) is 5.49. The van der Waals surface area contributed by atoms with Crippen LogP contribution in [0, 0.1) is 17.8 Å². The number of hydrogen-bond acceptors (Lipinski definition) is 4. The first-order chi connectivity index (χ1) is 12.9. The molecule has 0 unspecified atom stereocenters. The summed E-state index contributed by atoms with van der Waals surface area (Å²) in [5.74, 6) is 1.23. The van der Waals surface area contributed by atoms with Crippen LogP contribution in [0.1, 0.15) is 51.9 Å². The normalized spacial score (nSPS) is 29.1. The Morgan fingerprint density at radius 3 is 2.67 bits per heavy atom. The van der Waals surface area contributed by atoms with Crippen LogP contribution in [-0.4, -0.2) is 73.0 Å². The summed E-state index contributed by atoms with van der Waals surface area (Å²) < 4.78 is 0. The largest absolute Gasteiger partial charge is 0.392 e. The SMILES string of the molecule is CCCCC[C@H](O)C=C[C@@H]1[C@H]2CC(CN(C)CCCN(C)C)=C[C@H]2C[C@H]1O. The lowest BCUT2D eigenvalue weighted by atomic mass is 9.89. The molecular weight excluding hydrogens is 336 g/mol. The average Bonchev–Trinajstić information content (AvgIpc) is 3.09. The second-order valence-electron chi connectivity index (χ2n) is 9.08. The van der Waals surface area contributed by atoms with Crippen molar-refractivity contribution in [1.29, 1.82) is 0 Å². The molecule has 4 heteroatoms. The van der Waals surface area contributed by atoms with E-state index in [-0.39, 0.29) is 18.1 Å². The van der Waals surface area contributed by atoms with E-state index in [2.05, 4.69) is 50.0 Å². The molecule has 0 bridgehead atoms. The molecule has 5 atom stereocenters. The zero-order chi connectivity index (χ0) is 19.8. The van der Waals surface area contributed by atoms with Crippen molar-refractivity contribution >= 4 is 0 Å². The maximum atomic E-state index is 10.5. The quantitative estimate of drug-likeness (QED) is 0.404. The van der Waals surface area contributed by atoms with Crippen LogP contribution in [0.4, 0.5) is 0 Å². The lowest BCUT2D eigenvalue weighted by molar-refractivity contribution is 0.139. The molecule has 0 heterocycles. The lowest BCUT2D eigenvalue weighted by Crippen LogP contribution is -2.26. The molecule has 1 fully saturated rings. The number of rotatable bonds is 12. The van der Waals surface area contributed by atoms with Crippen molar-refractivity contribution in [3.63, 3.8) is 0 Å². The summed E-state index contributed by atoms with van der Waals surface area (Å²) in [4.78, 5) is 4.66. The average molecular weight is 379 g/mol. The van der Waals surface area contributed by atoms with E-state index in [1.165, 1.54) is 24.8 Å². The molecule has 0 aliphatic heterocycles. The van der Waals surface area contributed by atoms with Crippen LogP contribution in [0.5, 0.6) is 0 Å². The predicted octanol–water partition coefficient (Wildman–Crippen LogP) is 3.31. The highest BCUT2D eigenvalue weighted by Crippen LogP contribution is 2.47. The van der Waals surface area contributed by atoms with Crippen LogP contribution >= 0.6 is 0 Å². The summed E-state index contributed by atoms with van der Waals surface area (Å²) in [5, 5.41) is 20.6. The Morgan fingerprint density at radius 2 is 1.96 bits per heavy atom. The minimum Gasteiger partial charge on any atom is -0.392 e. The summed E-state index contributed by atoms with van der Waals surface area (Å²) in [7, 11) is 6.46. The molecule has 0 aromatic heterocycles. The van der Waals surface area contributed by atoms with Gasteiger partial charge < -0.3 is 20.0 Å². The van der Waals surface area contributed by atoms with Crippen molar-refractivity contribution in [2.24, 2.45) is 17.8 Å². The van der Waals surface area contributed by atoms with Crippen molar-refractivity contribution in [2.75, 3.05) is 40.8 Å². The number of unbranched alkanes of at least 4 members (excludes halogenated alkanes) is 2. The Hall–Kier alpha value is -0.680. The summed E-state index contributed by atoms with van der Waals surface area (Å²) >= 11 is 0. The standard InChI is InChI=1S/C23H42N2O2/c1-5-6-7-9-20(26)10-11-21-22-15-18(14-19(22)16-23(21)27)17-25(4)13-8-12-24(2)3/h10-11,14,19-23,26-27H,5-9,12-13,15-17H2,1-4H3/t19-,20-,21+,22-,23+/m0/s1. The van der Waals surface area contributed by atoms with Gasteiger partial charge >= 0.3 is 0 Å². The van der Waals surface area contributed by atoms with Gasteiger partial charge in [-0.25, -0.2) is 0 Å². The van der Waals surface area contributed by atoms with Gasteiger partial charge in [0.25, 0.3) is 0 Å². The second kappa shape index (κ2) is 11.4. The van der Waals surface area contributed by atoms with Crippen LogP contribution in [-0.2, 0) is 0 Å². The van der Waals surface area contributed by atoms with Crippen LogP contribution < -0.4 is 0 Å². The number of nitrogens with zero attached hydrogens (tertiary/aromatic N) is 2. The molecule has 0 aromatic carbocycles. The Balaban J connectivity index is 1.79. The van der Waals surface area contributed by atoms with Gasteiger partial charge in [-0.1, -0.05) is 50.0 Å². The van der Waals surface area contributed by atoms with E-state index < -0.39 is 0 Å². The highest BCUT2D eigenvalue weighted by molar-refractivity contribution is 5.22. The maximum absolute atomic E-state index is 10.5. The number of likely N-dealkylation sites (N-methyl/N-ethyl adjacent to an activating group) is 1. The lowest BCUT2D eigenvalue weighted by Gasteiger charge is -2.21. The zero-order valence-corrected chi connectivity index (χ0v) is 18.0. The highest BCUT2D eigenvalue weighted by Gasteiger charge is 2.43. The minimum absolute atomic E-state index is 0.198. The smallest absolute Gasteiger partial charge is 0.0721 e. The van der Waals surface area contributed by atoms with E-state index in [0.717, 1.165) is 45.3 Å². The molecule has 0 amide bonds. The second-order valence-corrected chi connectivity index (χ2v) is 9.08. The molecule has 2 rings (SSSR count). The monoisotopic (exact) mass is 378 g/mol. The van der Waals surface area contributed by atoms with E-state index in [1.54, 1.807) is 0 Å². The minimum atomic E-state index is -0.362. The van der Waals surface area contributed by atoms with Gasteiger partial charge in [0.15, 0.2) is 0 Å². The zero-order valence-electron chi connectivity index (χ0n) is 18.0. The Labute approximate surface area is 166 Å². The molecule has 2 aliphatic rings. The van der Waals surface area contributed by atoms with E-state index in [0.29, 0.717) is 11.8 Å². The highest BCUT2D eigenvalue weighted by atomic mass is 16.3. The summed E-state index contributed by atoms with van der Waals surface area (Å²) in [6, 6.07) is 0. The maximum Gasteiger partial charge on any atom is 0.0721 e. The van der Waals surface area contributed by atoms with Gasteiger partial charge in [-0.15, -0.1) is 0 Å². The number of hydrogen-bond donors (Lipinski definition) is 2. The fourth-order valence-corrected chi connectivity index (χ4v) is 4.76. The third-order valence-corrected chi connectivity index (χ3v) is 6.23. The van der Waals surface area contributed by atoms with E-state index in [4.69, 9.17) is 0 Å². The number of aliphatic hydroxyl groups excluding tert-OH is 2. The Kier molecular flexibility index (Phi) is 9.51. The van der Waals surface area contributed by atoms with Gasteiger partial charge in [-0.05, 0) is 71.8 Å². The number of fused-ring (bicyclic) bond motifs is 1. The Bertz CT molecular complexity index is 489. The van der Waals surface area contributed by atoms with Gasteiger partial charge in [0.1, 0.15) is 0 Å². The van der Waals surface area contributed by atoms with Crippen molar-refractivity contribution in [3.05, 3.63) is 23.8 Å². The molecule has 1 saturated carbocycles. The van der Waals surface area contributed by atoms with Crippen molar-refractivity contribution in [1.82, 2.24) is 9.80 Å². The molecule has 4 nitrogen and oxygen atoms in total. The third-order valence-electron chi connectivity index (χ3n) is 6.23.